The highest BCUT2D eigenvalue weighted by Gasteiger charge is 2.40. The molecule has 2 heterocycles. The first-order valence-corrected chi connectivity index (χ1v) is 9.48. The van der Waals surface area contributed by atoms with Crippen LogP contribution in [0.2, 0.25) is 0 Å². The Morgan fingerprint density at radius 2 is 2.00 bits per heavy atom. The summed E-state index contributed by atoms with van der Waals surface area (Å²) < 4.78 is 2.01. The summed E-state index contributed by atoms with van der Waals surface area (Å²) in [6, 6.07) is 2.37. The van der Waals surface area contributed by atoms with Gasteiger partial charge in [-0.05, 0) is 57.4 Å². The van der Waals surface area contributed by atoms with Crippen molar-refractivity contribution in [1.29, 1.82) is 0 Å². The van der Waals surface area contributed by atoms with E-state index in [4.69, 9.17) is 0 Å². The maximum absolute atomic E-state index is 12.4. The summed E-state index contributed by atoms with van der Waals surface area (Å²) in [5.41, 5.74) is 0.730. The van der Waals surface area contributed by atoms with Gasteiger partial charge in [-0.1, -0.05) is 0 Å². The first-order valence-electron chi connectivity index (χ1n) is 9.48. The SMILES string of the molecule is O=C(NC1CCC(n2cc(-c3ccncn3)cn2)CC1)C1(O)CCCC1. The van der Waals surface area contributed by atoms with Crippen LogP contribution in [-0.4, -0.2) is 42.4 Å². The van der Waals surface area contributed by atoms with E-state index in [1.54, 1.807) is 12.5 Å². The monoisotopic (exact) mass is 355 g/mol. The fourth-order valence-electron chi connectivity index (χ4n) is 4.12. The first kappa shape index (κ1) is 17.1. The number of hydrogen-bond donors (Lipinski definition) is 2. The molecule has 0 radical (unpaired) electrons. The third-order valence-electron chi connectivity index (χ3n) is 5.74. The number of hydrogen-bond acceptors (Lipinski definition) is 5. The van der Waals surface area contributed by atoms with E-state index in [0.717, 1.165) is 49.8 Å². The summed E-state index contributed by atoms with van der Waals surface area (Å²) in [6.07, 6.45) is 14.0. The van der Waals surface area contributed by atoms with Gasteiger partial charge in [-0.2, -0.15) is 5.10 Å². The molecule has 2 aliphatic carbocycles. The molecule has 0 unspecified atom stereocenters. The Labute approximate surface area is 152 Å². The van der Waals surface area contributed by atoms with Crippen molar-refractivity contribution < 1.29 is 9.90 Å². The van der Waals surface area contributed by atoms with Gasteiger partial charge in [0, 0.05) is 24.0 Å². The van der Waals surface area contributed by atoms with E-state index < -0.39 is 5.60 Å². The molecule has 2 aromatic rings. The van der Waals surface area contributed by atoms with Crippen molar-refractivity contribution in [3.05, 3.63) is 31.0 Å². The molecule has 2 aromatic heterocycles. The van der Waals surface area contributed by atoms with Crippen LogP contribution < -0.4 is 5.32 Å². The van der Waals surface area contributed by atoms with Gasteiger partial charge in [0.2, 0.25) is 0 Å². The highest BCUT2D eigenvalue weighted by molar-refractivity contribution is 5.85. The lowest BCUT2D eigenvalue weighted by molar-refractivity contribution is -0.140. The van der Waals surface area contributed by atoms with Gasteiger partial charge in [0.15, 0.2) is 0 Å². The van der Waals surface area contributed by atoms with Crippen LogP contribution in [0.15, 0.2) is 31.0 Å². The second-order valence-corrected chi connectivity index (χ2v) is 7.52. The Balaban J connectivity index is 1.33. The van der Waals surface area contributed by atoms with Gasteiger partial charge >= 0.3 is 0 Å². The number of aliphatic hydroxyl groups is 1. The van der Waals surface area contributed by atoms with Crippen molar-refractivity contribution in [1.82, 2.24) is 25.1 Å². The van der Waals surface area contributed by atoms with Gasteiger partial charge < -0.3 is 10.4 Å². The lowest BCUT2D eigenvalue weighted by Crippen LogP contribution is -2.49. The Hall–Kier alpha value is -2.28. The predicted molar refractivity (Wildman–Crippen MR) is 96.1 cm³/mol. The highest BCUT2D eigenvalue weighted by atomic mass is 16.3. The Bertz CT molecular complexity index is 746. The molecule has 0 aromatic carbocycles. The third-order valence-corrected chi connectivity index (χ3v) is 5.74. The fraction of sp³-hybridized carbons (Fsp3) is 0.579. The van der Waals surface area contributed by atoms with Crippen LogP contribution in [0.3, 0.4) is 0 Å². The van der Waals surface area contributed by atoms with Gasteiger partial charge in [-0.3, -0.25) is 9.48 Å². The summed E-state index contributed by atoms with van der Waals surface area (Å²) >= 11 is 0. The van der Waals surface area contributed by atoms with Crippen molar-refractivity contribution >= 4 is 5.91 Å². The minimum Gasteiger partial charge on any atom is -0.380 e. The molecule has 0 spiro atoms. The zero-order chi connectivity index (χ0) is 18.0. The highest BCUT2D eigenvalue weighted by Crippen LogP contribution is 2.32. The molecule has 1 amide bonds. The molecule has 0 bridgehead atoms. The topological polar surface area (TPSA) is 92.9 Å². The number of nitrogens with one attached hydrogen (secondary N) is 1. The number of aromatic nitrogens is 4. The van der Waals surface area contributed by atoms with Crippen molar-refractivity contribution in [2.75, 3.05) is 0 Å². The Kier molecular flexibility index (Phi) is 4.72. The summed E-state index contributed by atoms with van der Waals surface area (Å²) in [4.78, 5) is 20.6. The van der Waals surface area contributed by atoms with Crippen LogP contribution in [0.5, 0.6) is 0 Å². The van der Waals surface area contributed by atoms with Gasteiger partial charge in [0.25, 0.3) is 5.91 Å². The molecule has 26 heavy (non-hydrogen) atoms. The number of carbonyl (C=O) groups is 1. The summed E-state index contributed by atoms with van der Waals surface area (Å²) in [5, 5.41) is 18.0. The van der Waals surface area contributed by atoms with Crippen molar-refractivity contribution in [3.63, 3.8) is 0 Å². The third kappa shape index (κ3) is 3.49. The minimum absolute atomic E-state index is 0.153. The van der Waals surface area contributed by atoms with Gasteiger partial charge in [0.05, 0.1) is 17.9 Å². The molecule has 7 nitrogen and oxygen atoms in total. The minimum atomic E-state index is -1.13. The van der Waals surface area contributed by atoms with E-state index in [1.165, 1.54) is 0 Å². The predicted octanol–water partition coefficient (Wildman–Crippen LogP) is 2.25. The molecule has 4 rings (SSSR count). The lowest BCUT2D eigenvalue weighted by atomic mass is 9.90. The van der Waals surface area contributed by atoms with Crippen molar-refractivity contribution in [2.45, 2.75) is 69.1 Å². The van der Waals surface area contributed by atoms with E-state index in [9.17, 15) is 9.90 Å². The summed E-state index contributed by atoms with van der Waals surface area (Å²) in [6.45, 7) is 0. The zero-order valence-corrected chi connectivity index (χ0v) is 14.8. The quantitative estimate of drug-likeness (QED) is 0.877. The van der Waals surface area contributed by atoms with E-state index in [-0.39, 0.29) is 11.9 Å². The molecular weight excluding hydrogens is 330 g/mol. The standard InChI is InChI=1S/C19H25N5O2/c25-18(19(26)8-1-2-9-19)23-15-3-5-16(6-4-15)24-12-14(11-22-24)17-7-10-20-13-21-17/h7,10-13,15-16,26H,1-6,8-9H2,(H,23,25). The number of amides is 1. The van der Waals surface area contributed by atoms with Crippen molar-refractivity contribution in [2.24, 2.45) is 0 Å². The van der Waals surface area contributed by atoms with Crippen molar-refractivity contribution in [3.8, 4) is 11.3 Å². The number of carbonyl (C=O) groups excluding carboxylic acids is 1. The molecule has 7 heteroatoms. The van der Waals surface area contributed by atoms with Crippen LogP contribution in [0, 0.1) is 0 Å². The van der Waals surface area contributed by atoms with Crippen LogP contribution >= 0.6 is 0 Å². The van der Waals surface area contributed by atoms with Crippen LogP contribution in [0.25, 0.3) is 11.3 Å². The van der Waals surface area contributed by atoms with E-state index in [2.05, 4.69) is 20.4 Å². The number of nitrogens with zero attached hydrogens (tertiary/aromatic N) is 4. The second-order valence-electron chi connectivity index (χ2n) is 7.52. The van der Waals surface area contributed by atoms with E-state index in [0.29, 0.717) is 18.9 Å². The second kappa shape index (κ2) is 7.15. The molecule has 0 aliphatic heterocycles. The average molecular weight is 355 g/mol. The Morgan fingerprint density at radius 3 is 2.69 bits per heavy atom. The van der Waals surface area contributed by atoms with Gasteiger partial charge in [-0.15, -0.1) is 0 Å². The molecule has 0 saturated heterocycles. The van der Waals surface area contributed by atoms with E-state index >= 15 is 0 Å². The first-order chi connectivity index (χ1) is 12.6. The molecule has 2 aliphatic rings. The molecule has 0 atom stereocenters. The molecule has 2 fully saturated rings. The Morgan fingerprint density at radius 1 is 1.23 bits per heavy atom. The molecule has 138 valence electrons. The summed E-state index contributed by atoms with van der Waals surface area (Å²) in [5.74, 6) is -0.177. The van der Waals surface area contributed by atoms with E-state index in [1.807, 2.05) is 23.1 Å². The molecular formula is C19H25N5O2. The summed E-state index contributed by atoms with van der Waals surface area (Å²) in [7, 11) is 0. The van der Waals surface area contributed by atoms with Crippen LogP contribution in [0.1, 0.15) is 57.4 Å². The van der Waals surface area contributed by atoms with Crippen LogP contribution in [-0.2, 0) is 4.79 Å². The smallest absolute Gasteiger partial charge is 0.252 e. The lowest BCUT2D eigenvalue weighted by Gasteiger charge is -2.31. The normalized spacial score (nSPS) is 25.1. The maximum Gasteiger partial charge on any atom is 0.252 e. The average Bonchev–Trinajstić information content (AvgIpc) is 3.33. The van der Waals surface area contributed by atoms with Crippen LogP contribution in [0.4, 0.5) is 0 Å². The maximum atomic E-state index is 12.4. The number of rotatable bonds is 4. The largest absolute Gasteiger partial charge is 0.380 e. The molecule has 2 N–H and O–H groups in total. The van der Waals surface area contributed by atoms with Gasteiger partial charge in [0.1, 0.15) is 11.9 Å². The van der Waals surface area contributed by atoms with Gasteiger partial charge in [-0.25, -0.2) is 9.97 Å². The molecule has 2 saturated carbocycles. The fourth-order valence-corrected chi connectivity index (χ4v) is 4.12. The zero-order valence-electron chi connectivity index (χ0n) is 14.8.